The first kappa shape index (κ1) is 13.1. The van der Waals surface area contributed by atoms with Gasteiger partial charge in [-0.3, -0.25) is 9.48 Å². The van der Waals surface area contributed by atoms with Gasteiger partial charge in [0.25, 0.3) is 0 Å². The van der Waals surface area contributed by atoms with E-state index in [2.05, 4.69) is 15.7 Å². The highest BCUT2D eigenvalue weighted by molar-refractivity contribution is 5.78. The molecule has 5 heteroatoms. The third kappa shape index (κ3) is 2.90. The van der Waals surface area contributed by atoms with Crippen LogP contribution >= 0.6 is 0 Å². The monoisotopic (exact) mass is 250 g/mol. The Morgan fingerprint density at radius 2 is 2.39 bits per heavy atom. The molecule has 0 aromatic carbocycles. The number of hydrogen-bond donors (Lipinski definition) is 2. The minimum Gasteiger partial charge on any atom is -0.353 e. The summed E-state index contributed by atoms with van der Waals surface area (Å²) in [6, 6.07) is 0.458. The van der Waals surface area contributed by atoms with Crippen molar-refractivity contribution in [2.45, 2.75) is 45.2 Å². The molecule has 0 bridgehead atoms. The summed E-state index contributed by atoms with van der Waals surface area (Å²) >= 11 is 0. The second-order valence-electron chi connectivity index (χ2n) is 5.22. The zero-order chi connectivity index (χ0) is 13.1. The Morgan fingerprint density at radius 3 is 3.11 bits per heavy atom. The Bertz CT molecular complexity index is 425. The molecule has 1 amide bonds. The van der Waals surface area contributed by atoms with E-state index in [4.69, 9.17) is 0 Å². The summed E-state index contributed by atoms with van der Waals surface area (Å²) < 4.78 is 1.94. The van der Waals surface area contributed by atoms with Gasteiger partial charge in [0.05, 0.1) is 12.7 Å². The third-order valence-corrected chi connectivity index (χ3v) is 3.33. The Morgan fingerprint density at radius 1 is 1.61 bits per heavy atom. The van der Waals surface area contributed by atoms with E-state index < -0.39 is 0 Å². The van der Waals surface area contributed by atoms with Crippen molar-refractivity contribution in [3.63, 3.8) is 0 Å². The van der Waals surface area contributed by atoms with Crippen LogP contribution in [0.2, 0.25) is 0 Å². The van der Waals surface area contributed by atoms with Crippen LogP contribution in [0.15, 0.2) is 6.20 Å². The molecule has 2 N–H and O–H groups in total. The van der Waals surface area contributed by atoms with E-state index in [-0.39, 0.29) is 18.0 Å². The number of nitrogens with one attached hydrogen (secondary N) is 2. The van der Waals surface area contributed by atoms with Crippen LogP contribution in [0.4, 0.5) is 0 Å². The van der Waals surface area contributed by atoms with Crippen LogP contribution in [0, 0.1) is 0 Å². The number of amides is 1. The number of hydrogen-bond acceptors (Lipinski definition) is 3. The molecule has 100 valence electrons. The normalized spacial score (nSPS) is 18.8. The van der Waals surface area contributed by atoms with Gasteiger partial charge >= 0.3 is 0 Å². The average molecular weight is 250 g/mol. The summed E-state index contributed by atoms with van der Waals surface area (Å²) in [6.07, 6.45) is 5.23. The molecular weight excluding hydrogens is 228 g/mol. The molecule has 0 saturated carbocycles. The van der Waals surface area contributed by atoms with Gasteiger partial charge in [0.1, 0.15) is 0 Å². The molecule has 1 aromatic rings. The minimum atomic E-state index is 0.0565. The highest BCUT2D eigenvalue weighted by Gasteiger charge is 2.23. The Labute approximate surface area is 108 Å². The van der Waals surface area contributed by atoms with Crippen LogP contribution < -0.4 is 10.6 Å². The number of nitrogens with zero attached hydrogens (tertiary/aromatic N) is 2. The fourth-order valence-corrected chi connectivity index (χ4v) is 2.51. The van der Waals surface area contributed by atoms with E-state index in [1.54, 1.807) is 0 Å². The van der Waals surface area contributed by atoms with Gasteiger partial charge in [-0.1, -0.05) is 0 Å². The second-order valence-corrected chi connectivity index (χ2v) is 5.22. The largest absolute Gasteiger partial charge is 0.353 e. The topological polar surface area (TPSA) is 59.0 Å². The molecule has 0 aliphatic heterocycles. The molecule has 0 saturated heterocycles. The molecule has 2 rings (SSSR count). The molecular formula is C13H22N4O. The van der Waals surface area contributed by atoms with Gasteiger partial charge in [-0.2, -0.15) is 5.10 Å². The summed E-state index contributed by atoms with van der Waals surface area (Å²) in [7, 11) is 1.98. The predicted molar refractivity (Wildman–Crippen MR) is 70.2 cm³/mol. The molecule has 1 atom stereocenters. The first-order valence-corrected chi connectivity index (χ1v) is 6.61. The molecule has 1 aliphatic rings. The van der Waals surface area contributed by atoms with E-state index >= 15 is 0 Å². The van der Waals surface area contributed by atoms with Gasteiger partial charge in [0, 0.05) is 30.4 Å². The first-order chi connectivity index (χ1) is 8.58. The molecule has 0 fully saturated rings. The molecule has 1 aliphatic carbocycles. The summed E-state index contributed by atoms with van der Waals surface area (Å²) in [4.78, 5) is 11.6. The average Bonchev–Trinajstić information content (AvgIpc) is 2.68. The lowest BCUT2D eigenvalue weighted by Gasteiger charge is -2.23. The van der Waals surface area contributed by atoms with Crippen LogP contribution in [0.25, 0.3) is 0 Å². The number of carbonyl (C=O) groups excluding carboxylic acids is 1. The lowest BCUT2D eigenvalue weighted by molar-refractivity contribution is -0.120. The van der Waals surface area contributed by atoms with Crippen molar-refractivity contribution in [3.8, 4) is 0 Å². The van der Waals surface area contributed by atoms with Crippen LogP contribution in [0.3, 0.4) is 0 Å². The molecule has 5 nitrogen and oxygen atoms in total. The van der Waals surface area contributed by atoms with Gasteiger partial charge in [-0.05, 0) is 33.1 Å². The maximum absolute atomic E-state index is 11.6. The van der Waals surface area contributed by atoms with Crippen molar-refractivity contribution < 1.29 is 4.79 Å². The second kappa shape index (κ2) is 5.52. The number of aryl methyl sites for hydroxylation is 1. The minimum absolute atomic E-state index is 0.0565. The smallest absolute Gasteiger partial charge is 0.234 e. The summed E-state index contributed by atoms with van der Waals surface area (Å²) in [6.45, 7) is 4.31. The van der Waals surface area contributed by atoms with Gasteiger partial charge < -0.3 is 10.6 Å². The summed E-state index contributed by atoms with van der Waals surface area (Å²) in [5.41, 5.74) is 2.55. The van der Waals surface area contributed by atoms with Crippen LogP contribution in [-0.4, -0.2) is 28.3 Å². The standard InChI is InChI=1S/C13H22N4O/c1-9(2)16-13(18)8-14-11-5-4-6-12-10(11)7-15-17(12)3/h7,9,11,14H,4-6,8H2,1-3H3,(H,16,18). The zero-order valence-electron chi connectivity index (χ0n) is 11.4. The quantitative estimate of drug-likeness (QED) is 0.835. The van der Waals surface area contributed by atoms with E-state index in [0.717, 1.165) is 19.3 Å². The highest BCUT2D eigenvalue weighted by Crippen LogP contribution is 2.28. The summed E-state index contributed by atoms with van der Waals surface area (Å²) in [5, 5.41) is 10.5. The number of fused-ring (bicyclic) bond motifs is 1. The van der Waals surface area contributed by atoms with Gasteiger partial charge in [0.2, 0.25) is 5.91 Å². The highest BCUT2D eigenvalue weighted by atomic mass is 16.1. The van der Waals surface area contributed by atoms with Gasteiger partial charge in [-0.15, -0.1) is 0 Å². The van der Waals surface area contributed by atoms with E-state index in [0.29, 0.717) is 6.54 Å². The first-order valence-electron chi connectivity index (χ1n) is 6.61. The number of aromatic nitrogens is 2. The van der Waals surface area contributed by atoms with Crippen molar-refractivity contribution in [2.24, 2.45) is 7.05 Å². The van der Waals surface area contributed by atoms with Crippen molar-refractivity contribution >= 4 is 5.91 Å². The molecule has 18 heavy (non-hydrogen) atoms. The van der Waals surface area contributed by atoms with E-state index in [1.807, 2.05) is 31.8 Å². The fraction of sp³-hybridized carbons (Fsp3) is 0.692. The molecule has 0 spiro atoms. The van der Waals surface area contributed by atoms with Crippen LogP contribution in [0.5, 0.6) is 0 Å². The molecule has 1 unspecified atom stereocenters. The molecule has 1 heterocycles. The molecule has 0 radical (unpaired) electrons. The summed E-state index contributed by atoms with van der Waals surface area (Å²) in [5.74, 6) is 0.0565. The van der Waals surface area contributed by atoms with Crippen molar-refractivity contribution in [1.82, 2.24) is 20.4 Å². The fourth-order valence-electron chi connectivity index (χ4n) is 2.51. The molecule has 1 aromatic heterocycles. The predicted octanol–water partition coefficient (Wildman–Crippen LogP) is 0.912. The van der Waals surface area contributed by atoms with Crippen LogP contribution in [-0.2, 0) is 18.3 Å². The maximum Gasteiger partial charge on any atom is 0.234 e. The Hall–Kier alpha value is -1.36. The van der Waals surface area contributed by atoms with Crippen molar-refractivity contribution in [1.29, 1.82) is 0 Å². The van der Waals surface area contributed by atoms with Gasteiger partial charge in [0.15, 0.2) is 0 Å². The SMILES string of the molecule is CC(C)NC(=O)CNC1CCCc2c1cnn2C. The van der Waals surface area contributed by atoms with Crippen molar-refractivity contribution in [3.05, 3.63) is 17.5 Å². The van der Waals surface area contributed by atoms with Crippen LogP contribution in [0.1, 0.15) is 44.0 Å². The number of rotatable bonds is 4. The zero-order valence-corrected chi connectivity index (χ0v) is 11.4. The maximum atomic E-state index is 11.6. The lowest BCUT2D eigenvalue weighted by atomic mass is 9.93. The Kier molecular flexibility index (Phi) is 4.01. The third-order valence-electron chi connectivity index (χ3n) is 3.33. The lowest BCUT2D eigenvalue weighted by Crippen LogP contribution is -2.39. The number of carbonyl (C=O) groups is 1. The van der Waals surface area contributed by atoms with Crippen molar-refractivity contribution in [2.75, 3.05) is 6.54 Å². The Balaban J connectivity index is 1.93. The van der Waals surface area contributed by atoms with E-state index in [1.165, 1.54) is 11.3 Å². The van der Waals surface area contributed by atoms with E-state index in [9.17, 15) is 4.79 Å². The van der Waals surface area contributed by atoms with Gasteiger partial charge in [-0.25, -0.2) is 0 Å².